The van der Waals surface area contributed by atoms with Crippen molar-refractivity contribution >= 4 is 25.5 Å². The predicted molar refractivity (Wildman–Crippen MR) is 82.5 cm³/mol. The third-order valence-corrected chi connectivity index (χ3v) is 5.53. The lowest BCUT2D eigenvalue weighted by atomic mass is 10.3. The normalized spacial score (nSPS) is 10.8. The van der Waals surface area contributed by atoms with Crippen LogP contribution in [-0.2, 0) is 13.3 Å². The molecule has 1 aromatic rings. The number of rotatable bonds is 8. The summed E-state index contributed by atoms with van der Waals surface area (Å²) < 4.78 is 16.1. The highest BCUT2D eigenvalue weighted by Gasteiger charge is 2.36. The zero-order valence-corrected chi connectivity index (χ0v) is 11.7. The first-order valence-electron chi connectivity index (χ1n) is 5.70. The van der Waals surface area contributed by atoms with Crippen LogP contribution in [-0.4, -0.2) is 47.6 Å². The molecule has 0 saturated carbocycles. The fourth-order valence-corrected chi connectivity index (χ4v) is 3.37. The lowest BCUT2D eigenvalue weighted by Gasteiger charge is -2.24. The third-order valence-electron chi connectivity index (χ3n) is 2.70. The van der Waals surface area contributed by atoms with Crippen molar-refractivity contribution in [3.8, 4) is 0 Å². The van der Waals surface area contributed by atoms with Crippen LogP contribution in [0.15, 0.2) is 30.3 Å². The van der Waals surface area contributed by atoms with Gasteiger partial charge in [-0.05, 0) is 29.5 Å². The summed E-state index contributed by atoms with van der Waals surface area (Å²) in [7, 11) is 2.53. The Morgan fingerprint density at radius 2 is 1.56 bits per heavy atom. The minimum absolute atomic E-state index is 0. The molecule has 104 valence electrons. The van der Waals surface area contributed by atoms with E-state index in [1.807, 2.05) is 30.3 Å². The van der Waals surface area contributed by atoms with Crippen LogP contribution in [0, 0.1) is 0 Å². The first kappa shape index (κ1) is 17.3. The average Bonchev–Trinajstić information content (AvgIpc) is 2.41. The Hall–Kier alpha value is -0.666. The van der Waals surface area contributed by atoms with Gasteiger partial charge in [0.25, 0.3) is 0 Å². The summed E-state index contributed by atoms with van der Waals surface area (Å²) in [5.41, 5.74) is 1.13. The second-order valence-electron chi connectivity index (χ2n) is 3.69. The molecule has 0 heterocycles. The van der Waals surface area contributed by atoms with Gasteiger partial charge in [-0.3, -0.25) is 0 Å². The monoisotopic (exact) mass is 287 g/mol. The Morgan fingerprint density at radius 1 is 1.00 bits per heavy atom. The van der Waals surface area contributed by atoms with Crippen molar-refractivity contribution in [1.29, 1.82) is 0 Å². The molecule has 0 aliphatic carbocycles. The van der Waals surface area contributed by atoms with Gasteiger partial charge in [-0.2, -0.15) is 0 Å². The van der Waals surface area contributed by atoms with Gasteiger partial charge in [-0.25, -0.2) is 0 Å². The van der Waals surface area contributed by atoms with Gasteiger partial charge in [-0.1, -0.05) is 18.2 Å². The molecule has 6 heteroatoms. The number of para-hydroxylation sites is 1. The molecule has 4 nitrogen and oxygen atoms in total. The van der Waals surface area contributed by atoms with Crippen molar-refractivity contribution in [3.05, 3.63) is 30.3 Å². The maximum atomic E-state index is 5.36. The molecule has 0 bridgehead atoms. The molecule has 0 atom stereocenters. The van der Waals surface area contributed by atoms with Gasteiger partial charge in [0.1, 0.15) is 0 Å². The minimum atomic E-state index is -2.40. The molecule has 0 fully saturated rings. The SMILES string of the molecule is CO[Si](CCCNc1ccccc1)(OC)OC.[SiH4]. The van der Waals surface area contributed by atoms with Crippen LogP contribution >= 0.6 is 0 Å². The van der Waals surface area contributed by atoms with E-state index in [4.69, 9.17) is 13.3 Å². The molecule has 0 aliphatic rings. The van der Waals surface area contributed by atoms with E-state index in [0.717, 1.165) is 24.7 Å². The standard InChI is InChI=1S/C12H21NO3Si.H4Si/c1-14-17(15-2,16-3)11-7-10-13-12-8-5-4-6-9-12;/h4-6,8-9,13H,7,10-11H2,1-3H3;1H4. The first-order chi connectivity index (χ1) is 8.26. The minimum Gasteiger partial charge on any atom is -0.385 e. The van der Waals surface area contributed by atoms with E-state index >= 15 is 0 Å². The van der Waals surface area contributed by atoms with Crippen molar-refractivity contribution in [2.75, 3.05) is 33.2 Å². The van der Waals surface area contributed by atoms with Gasteiger partial charge in [0.2, 0.25) is 0 Å². The van der Waals surface area contributed by atoms with Gasteiger partial charge >= 0.3 is 8.80 Å². The van der Waals surface area contributed by atoms with E-state index in [0.29, 0.717) is 0 Å². The molecule has 0 unspecified atom stereocenters. The average molecular weight is 288 g/mol. The maximum absolute atomic E-state index is 5.36. The zero-order chi connectivity index (χ0) is 12.6. The second kappa shape index (κ2) is 9.29. The first-order valence-corrected chi connectivity index (χ1v) is 7.64. The topological polar surface area (TPSA) is 39.7 Å². The van der Waals surface area contributed by atoms with Gasteiger partial charge in [-0.15, -0.1) is 0 Å². The molecule has 0 saturated heterocycles. The maximum Gasteiger partial charge on any atom is 0.500 e. The van der Waals surface area contributed by atoms with Crippen LogP contribution in [0.25, 0.3) is 0 Å². The van der Waals surface area contributed by atoms with Crippen LogP contribution in [0.2, 0.25) is 6.04 Å². The lowest BCUT2D eigenvalue weighted by molar-refractivity contribution is 0.123. The highest BCUT2D eigenvalue weighted by atomic mass is 28.4. The fourth-order valence-electron chi connectivity index (χ4n) is 1.65. The summed E-state index contributed by atoms with van der Waals surface area (Å²) in [5.74, 6) is 0. The van der Waals surface area contributed by atoms with Gasteiger partial charge in [0.05, 0.1) is 0 Å². The van der Waals surface area contributed by atoms with E-state index in [-0.39, 0.29) is 11.0 Å². The Morgan fingerprint density at radius 3 is 2.06 bits per heavy atom. The van der Waals surface area contributed by atoms with E-state index < -0.39 is 8.80 Å². The van der Waals surface area contributed by atoms with Crippen molar-refractivity contribution in [1.82, 2.24) is 0 Å². The second-order valence-corrected chi connectivity index (χ2v) is 6.78. The van der Waals surface area contributed by atoms with Crippen molar-refractivity contribution in [3.63, 3.8) is 0 Å². The number of benzene rings is 1. The lowest BCUT2D eigenvalue weighted by Crippen LogP contribution is -2.42. The van der Waals surface area contributed by atoms with Crippen LogP contribution in [0.5, 0.6) is 0 Å². The smallest absolute Gasteiger partial charge is 0.385 e. The largest absolute Gasteiger partial charge is 0.500 e. The zero-order valence-electron chi connectivity index (χ0n) is 10.7. The molecule has 0 radical (unpaired) electrons. The van der Waals surface area contributed by atoms with Crippen LogP contribution < -0.4 is 5.32 Å². The molecule has 1 N–H and O–H groups in total. The highest BCUT2D eigenvalue weighted by molar-refractivity contribution is 6.60. The molecule has 0 aromatic heterocycles. The van der Waals surface area contributed by atoms with Gasteiger partial charge in [0, 0.05) is 39.6 Å². The van der Waals surface area contributed by atoms with Crippen molar-refractivity contribution < 1.29 is 13.3 Å². The van der Waals surface area contributed by atoms with Crippen LogP contribution in [0.1, 0.15) is 6.42 Å². The van der Waals surface area contributed by atoms with Crippen LogP contribution in [0.3, 0.4) is 0 Å². The van der Waals surface area contributed by atoms with E-state index in [9.17, 15) is 0 Å². The fraction of sp³-hybridized carbons (Fsp3) is 0.500. The third kappa shape index (κ3) is 5.32. The molecule has 0 amide bonds. The van der Waals surface area contributed by atoms with Crippen LogP contribution in [0.4, 0.5) is 5.69 Å². The highest BCUT2D eigenvalue weighted by Crippen LogP contribution is 2.15. The van der Waals surface area contributed by atoms with Crippen molar-refractivity contribution in [2.45, 2.75) is 12.5 Å². The Kier molecular flexibility index (Phi) is 8.94. The van der Waals surface area contributed by atoms with Crippen molar-refractivity contribution in [2.24, 2.45) is 0 Å². The number of hydrogen-bond donors (Lipinski definition) is 1. The summed E-state index contributed by atoms with van der Waals surface area (Å²) >= 11 is 0. The molecule has 0 spiro atoms. The van der Waals surface area contributed by atoms with Gasteiger partial charge in [0.15, 0.2) is 0 Å². The van der Waals surface area contributed by atoms with E-state index in [2.05, 4.69) is 5.32 Å². The Labute approximate surface area is 115 Å². The molecular formula is C12H25NO3Si2. The quantitative estimate of drug-likeness (QED) is 0.570. The molecule has 1 aromatic carbocycles. The summed E-state index contributed by atoms with van der Waals surface area (Å²) in [6.07, 6.45) is 0.955. The summed E-state index contributed by atoms with van der Waals surface area (Å²) in [6.45, 7) is 0.884. The summed E-state index contributed by atoms with van der Waals surface area (Å²) in [5, 5.41) is 3.35. The predicted octanol–water partition coefficient (Wildman–Crippen LogP) is 0.915. The van der Waals surface area contributed by atoms with E-state index in [1.54, 1.807) is 21.3 Å². The molecular weight excluding hydrogens is 262 g/mol. The summed E-state index contributed by atoms with van der Waals surface area (Å²) in [6, 6.07) is 10.9. The number of hydrogen-bond acceptors (Lipinski definition) is 4. The number of nitrogens with one attached hydrogen (secondary N) is 1. The molecule has 1 rings (SSSR count). The summed E-state index contributed by atoms with van der Waals surface area (Å²) in [4.78, 5) is 0. The van der Waals surface area contributed by atoms with E-state index in [1.165, 1.54) is 0 Å². The Bertz CT molecular complexity index is 299. The van der Waals surface area contributed by atoms with Gasteiger partial charge < -0.3 is 18.6 Å². The number of anilines is 1. The Balaban J connectivity index is 0.00000289. The molecule has 18 heavy (non-hydrogen) atoms. The molecule has 0 aliphatic heterocycles.